The molecule has 4 amide bonds. The van der Waals surface area contributed by atoms with Gasteiger partial charge in [-0.15, -0.1) is 11.8 Å². The van der Waals surface area contributed by atoms with Crippen molar-refractivity contribution < 1.29 is 58.5 Å². The zero-order chi connectivity index (χ0) is 39.1. The summed E-state index contributed by atoms with van der Waals surface area (Å²) in [5.41, 5.74) is 1.21. The molecular weight excluding hydrogens is 698 g/mol. The van der Waals surface area contributed by atoms with Crippen LogP contribution in [-0.2, 0) is 50.1 Å². The lowest BCUT2D eigenvalue weighted by atomic mass is 10.0. The van der Waals surface area contributed by atoms with Crippen LogP contribution in [0.4, 0.5) is 15.3 Å². The van der Waals surface area contributed by atoms with Gasteiger partial charge >= 0.3 is 28.4 Å². The van der Waals surface area contributed by atoms with E-state index in [1.165, 1.54) is 46.0 Å². The lowest BCUT2D eigenvalue weighted by Crippen LogP contribution is -2.53. The molecule has 0 bridgehead atoms. The first-order valence-corrected chi connectivity index (χ1v) is 18.8. The zero-order valence-electron chi connectivity index (χ0n) is 31.2. The fraction of sp³-hybridized carbons (Fsp3) is 0.629. The molecule has 0 radical (unpaired) electrons. The number of esters is 1. The second-order valence-electron chi connectivity index (χ2n) is 12.0. The molecule has 2 aliphatic rings. The smallest absolute Gasteiger partial charge is 0.421 e. The molecule has 0 unspecified atom stereocenters. The molecular formula is C35H65N5O11S. The standard InChI is InChI=1S/C24H37N5O11S.C9H12.C2H6.5H2/c1-15(2)20(28-23(33)39-13-12-38-11-10-25-41(35,36)29-24(34)37-5)22(32)26-16(3)21(31)27-19-8-6-18(7-9-19)14-40-17(4)30;1-2-4-6-9-7-8(9)5-3-1;1-2;;;;;/h6-9,15-16,20,25H,10-14H2,1-5H3,(H,26,32)(H,27,31)(H,28,33)(H,29,34);8-9H,3-7H2;1-2H3;5*1H/t16-,20-;8-,9+;;;;;;/m0......./s1. The summed E-state index contributed by atoms with van der Waals surface area (Å²) < 4.78 is 45.9. The summed E-state index contributed by atoms with van der Waals surface area (Å²) in [6.07, 6.45) is 4.57. The van der Waals surface area contributed by atoms with Crippen molar-refractivity contribution in [2.75, 3.05) is 38.8 Å². The van der Waals surface area contributed by atoms with E-state index in [0.29, 0.717) is 5.69 Å². The Balaban J connectivity index is -0.000000483. The minimum absolute atomic E-state index is 0. The van der Waals surface area contributed by atoms with Crippen LogP contribution in [0.5, 0.6) is 0 Å². The molecule has 5 N–H and O–H groups in total. The van der Waals surface area contributed by atoms with Crippen molar-refractivity contribution in [3.8, 4) is 11.8 Å². The van der Waals surface area contributed by atoms with Crippen molar-refractivity contribution in [2.24, 2.45) is 17.8 Å². The van der Waals surface area contributed by atoms with Crippen molar-refractivity contribution >= 4 is 45.9 Å². The lowest BCUT2D eigenvalue weighted by Gasteiger charge is -2.23. The first-order valence-electron chi connectivity index (χ1n) is 17.4. The minimum atomic E-state index is -4.09. The van der Waals surface area contributed by atoms with Crippen LogP contribution in [0.15, 0.2) is 24.3 Å². The average Bonchev–Trinajstić information content (AvgIpc) is 3.83. The van der Waals surface area contributed by atoms with E-state index in [2.05, 4.69) is 32.5 Å². The quantitative estimate of drug-likeness (QED) is 0.0678. The van der Waals surface area contributed by atoms with Gasteiger partial charge in [0.25, 0.3) is 0 Å². The molecule has 0 aliphatic heterocycles. The SMILES string of the molecule is C1#CCC[C@H]2C[C@H]2CC1.CC.COC(=O)NS(=O)(=O)NCCOCCOC(=O)N[C@H](C(=O)N[C@@H](C)C(=O)Nc1ccc(COC(C)=O)cc1)C(C)C.[HH].[HH].[HH].[HH].[HH]. The molecule has 3 rings (SSSR count). The number of methoxy groups -OCH3 is 1. The molecule has 0 heterocycles. The Kier molecular flexibility index (Phi) is 21.7. The number of benzene rings is 1. The Bertz CT molecular complexity index is 1470. The van der Waals surface area contributed by atoms with E-state index in [0.717, 1.165) is 24.5 Å². The van der Waals surface area contributed by atoms with Crippen LogP contribution in [0, 0.1) is 29.6 Å². The van der Waals surface area contributed by atoms with Gasteiger partial charge in [-0.05, 0) is 61.6 Å². The maximum atomic E-state index is 12.8. The van der Waals surface area contributed by atoms with E-state index in [1.54, 1.807) is 42.8 Å². The number of rotatable bonds is 16. The number of hydrogen-bond donors (Lipinski definition) is 5. The van der Waals surface area contributed by atoms with Crippen LogP contribution in [0.2, 0.25) is 0 Å². The van der Waals surface area contributed by atoms with Gasteiger partial charge in [0.15, 0.2) is 0 Å². The van der Waals surface area contributed by atoms with Crippen molar-refractivity contribution in [1.82, 2.24) is 20.1 Å². The highest BCUT2D eigenvalue weighted by Gasteiger charge is 2.35. The van der Waals surface area contributed by atoms with Gasteiger partial charge in [0.05, 0.1) is 20.3 Å². The molecule has 2 aliphatic carbocycles. The minimum Gasteiger partial charge on any atom is -0.461 e. The molecule has 1 fully saturated rings. The fourth-order valence-corrected chi connectivity index (χ4v) is 5.36. The molecule has 52 heavy (non-hydrogen) atoms. The lowest BCUT2D eigenvalue weighted by molar-refractivity contribution is -0.142. The number of nitrogens with one attached hydrogen (secondary N) is 5. The Morgan fingerprint density at radius 3 is 2.04 bits per heavy atom. The molecule has 302 valence electrons. The number of ether oxygens (including phenoxy) is 4. The van der Waals surface area contributed by atoms with Crippen molar-refractivity contribution in [3.05, 3.63) is 29.8 Å². The van der Waals surface area contributed by atoms with E-state index in [1.807, 2.05) is 18.6 Å². The first-order chi connectivity index (χ1) is 24.7. The number of fused-ring (bicyclic) bond motifs is 1. The van der Waals surface area contributed by atoms with Crippen LogP contribution in [0.3, 0.4) is 0 Å². The second kappa shape index (κ2) is 24.7. The number of anilines is 1. The molecule has 0 saturated heterocycles. The molecule has 17 heteroatoms. The Morgan fingerprint density at radius 2 is 1.48 bits per heavy atom. The van der Waals surface area contributed by atoms with Gasteiger partial charge in [-0.2, -0.15) is 13.1 Å². The molecule has 16 nitrogen and oxygen atoms in total. The van der Waals surface area contributed by atoms with E-state index in [4.69, 9.17) is 14.2 Å². The molecule has 1 aromatic rings. The third-order valence-corrected chi connectivity index (χ3v) is 8.53. The zero-order valence-corrected chi connectivity index (χ0v) is 32.0. The highest BCUT2D eigenvalue weighted by molar-refractivity contribution is 7.88. The summed E-state index contributed by atoms with van der Waals surface area (Å²) in [6.45, 7) is 9.79. The van der Waals surface area contributed by atoms with E-state index in [-0.39, 0.29) is 46.0 Å². The van der Waals surface area contributed by atoms with Gasteiger partial charge in [0.1, 0.15) is 25.3 Å². The topological polar surface area (TPSA) is 217 Å². The summed E-state index contributed by atoms with van der Waals surface area (Å²) >= 11 is 0. The largest absolute Gasteiger partial charge is 0.461 e. The van der Waals surface area contributed by atoms with E-state index in [9.17, 15) is 32.4 Å². The summed E-state index contributed by atoms with van der Waals surface area (Å²) in [4.78, 5) is 59.3. The number of hydrogen-bond acceptors (Lipinski definition) is 11. The number of amides is 4. The van der Waals surface area contributed by atoms with Gasteiger partial charge < -0.3 is 34.9 Å². The summed E-state index contributed by atoms with van der Waals surface area (Å²) in [5, 5.41) is 7.66. The van der Waals surface area contributed by atoms with Crippen LogP contribution in [0.1, 0.15) is 86.3 Å². The first kappa shape index (κ1) is 45.6. The highest BCUT2D eigenvalue weighted by Crippen LogP contribution is 2.45. The van der Waals surface area contributed by atoms with Gasteiger partial charge in [-0.1, -0.05) is 39.8 Å². The number of carbonyl (C=O) groups is 5. The van der Waals surface area contributed by atoms with Crippen LogP contribution in [-0.4, -0.2) is 83.9 Å². The third kappa shape index (κ3) is 19.8. The molecule has 0 spiro atoms. The maximum absolute atomic E-state index is 12.8. The van der Waals surface area contributed by atoms with Gasteiger partial charge in [-0.3, -0.25) is 14.4 Å². The molecule has 1 aromatic carbocycles. The maximum Gasteiger partial charge on any atom is 0.421 e. The van der Waals surface area contributed by atoms with Crippen molar-refractivity contribution in [1.29, 1.82) is 0 Å². The normalized spacial score (nSPS) is 16.7. The summed E-state index contributed by atoms with van der Waals surface area (Å²) in [5.74, 6) is 6.72. The van der Waals surface area contributed by atoms with E-state index >= 15 is 0 Å². The van der Waals surface area contributed by atoms with Crippen molar-refractivity contribution in [3.63, 3.8) is 0 Å². The molecule has 1 saturated carbocycles. The Morgan fingerprint density at radius 1 is 0.865 bits per heavy atom. The van der Waals surface area contributed by atoms with Crippen molar-refractivity contribution in [2.45, 2.75) is 92.3 Å². The number of carbonyl (C=O) groups excluding carboxylic acids is 5. The summed E-state index contributed by atoms with van der Waals surface area (Å²) in [6, 6.07) is 4.69. The predicted molar refractivity (Wildman–Crippen MR) is 204 cm³/mol. The monoisotopic (exact) mass is 763 g/mol. The summed E-state index contributed by atoms with van der Waals surface area (Å²) in [7, 11) is -3.08. The van der Waals surface area contributed by atoms with Crippen LogP contribution >= 0.6 is 0 Å². The van der Waals surface area contributed by atoms with Gasteiger partial charge in [0.2, 0.25) is 11.8 Å². The number of alkyl carbamates (subject to hydrolysis) is 1. The molecule has 0 aromatic heterocycles. The fourth-order valence-electron chi connectivity index (χ4n) is 4.63. The average molecular weight is 764 g/mol. The Labute approximate surface area is 314 Å². The van der Waals surface area contributed by atoms with Crippen LogP contribution in [0.25, 0.3) is 0 Å². The van der Waals surface area contributed by atoms with E-state index < -0.39 is 52.3 Å². The molecule has 4 atom stereocenters. The van der Waals surface area contributed by atoms with Crippen LogP contribution < -0.4 is 25.4 Å². The van der Waals surface area contributed by atoms with Gasteiger partial charge in [-0.25, -0.2) is 14.3 Å². The Hall–Kier alpha value is -4.40. The van der Waals surface area contributed by atoms with Gasteiger partial charge in [0, 0.05) is 39.1 Å². The predicted octanol–water partition coefficient (Wildman–Crippen LogP) is 4.61. The highest BCUT2D eigenvalue weighted by atomic mass is 32.2. The third-order valence-electron chi connectivity index (χ3n) is 7.51. The second-order valence-corrected chi connectivity index (χ2v) is 13.5.